The fourth-order valence-electron chi connectivity index (χ4n) is 1.73. The molecule has 0 amide bonds. The van der Waals surface area contributed by atoms with Gasteiger partial charge in [0, 0.05) is 6.42 Å². The molecule has 1 aliphatic carbocycles. The maximum atomic E-state index is 13.1. The van der Waals surface area contributed by atoms with Crippen LogP contribution in [0.3, 0.4) is 0 Å². The zero-order chi connectivity index (χ0) is 11.3. The summed E-state index contributed by atoms with van der Waals surface area (Å²) in [6.45, 7) is 0. The van der Waals surface area contributed by atoms with Gasteiger partial charge >= 0.3 is 5.97 Å². The van der Waals surface area contributed by atoms with E-state index in [2.05, 4.69) is 0 Å². The number of phenolic OH excluding ortho intramolecular Hbond substituents is 1. The Kier molecular flexibility index (Phi) is 1.77. The molecule has 0 bridgehead atoms. The highest BCUT2D eigenvalue weighted by Crippen LogP contribution is 2.61. The highest BCUT2D eigenvalue weighted by molar-refractivity contribution is 5.87. The van der Waals surface area contributed by atoms with Crippen molar-refractivity contribution < 1.29 is 23.8 Å². The number of benzene rings is 1. The van der Waals surface area contributed by atoms with Gasteiger partial charge in [0.25, 0.3) is 5.92 Å². The quantitative estimate of drug-likeness (QED) is 0.788. The molecular formula is C10H8F2O3. The van der Waals surface area contributed by atoms with Crippen molar-refractivity contribution in [1.29, 1.82) is 0 Å². The summed E-state index contributed by atoms with van der Waals surface area (Å²) in [6, 6.07) is 5.01. The predicted molar refractivity (Wildman–Crippen MR) is 47.0 cm³/mol. The molecule has 2 N–H and O–H groups in total. The second-order valence-corrected chi connectivity index (χ2v) is 3.64. The molecule has 1 unspecified atom stereocenters. The van der Waals surface area contributed by atoms with E-state index < -0.39 is 23.7 Å². The number of carboxylic acids is 1. The van der Waals surface area contributed by atoms with Crippen LogP contribution in [0, 0.1) is 0 Å². The van der Waals surface area contributed by atoms with Crippen LogP contribution < -0.4 is 0 Å². The first-order chi connectivity index (χ1) is 6.90. The monoisotopic (exact) mass is 214 g/mol. The van der Waals surface area contributed by atoms with E-state index in [1.807, 2.05) is 0 Å². The summed E-state index contributed by atoms with van der Waals surface area (Å²) in [5.74, 6) is -5.00. The van der Waals surface area contributed by atoms with Crippen LogP contribution in [0.5, 0.6) is 5.75 Å². The van der Waals surface area contributed by atoms with Crippen LogP contribution in [-0.4, -0.2) is 22.1 Å². The lowest BCUT2D eigenvalue weighted by atomic mass is 9.95. The SMILES string of the molecule is O=C(O)C1(c2cccc(O)c2)CC1(F)F. The molecule has 0 aromatic heterocycles. The molecule has 1 aromatic rings. The minimum atomic E-state index is -3.23. The molecule has 3 nitrogen and oxygen atoms in total. The normalized spacial score (nSPS) is 27.3. The molecule has 0 aliphatic heterocycles. The van der Waals surface area contributed by atoms with Gasteiger partial charge in [0.2, 0.25) is 0 Å². The van der Waals surface area contributed by atoms with E-state index in [9.17, 15) is 13.6 Å². The van der Waals surface area contributed by atoms with Crippen molar-refractivity contribution in [3.05, 3.63) is 29.8 Å². The van der Waals surface area contributed by atoms with Crippen LogP contribution in [0.4, 0.5) is 8.78 Å². The number of carbonyl (C=O) groups is 1. The Balaban J connectivity index is 2.50. The van der Waals surface area contributed by atoms with Crippen molar-refractivity contribution in [3.8, 4) is 5.75 Å². The van der Waals surface area contributed by atoms with Gasteiger partial charge in [-0.15, -0.1) is 0 Å². The topological polar surface area (TPSA) is 57.5 Å². The molecule has 80 valence electrons. The molecule has 5 heteroatoms. The Morgan fingerprint density at radius 1 is 1.40 bits per heavy atom. The van der Waals surface area contributed by atoms with Crippen molar-refractivity contribution in [2.75, 3.05) is 0 Å². The molecule has 1 saturated carbocycles. The highest BCUT2D eigenvalue weighted by atomic mass is 19.3. The second kappa shape index (κ2) is 2.68. The second-order valence-electron chi connectivity index (χ2n) is 3.64. The van der Waals surface area contributed by atoms with Crippen LogP contribution in [0.25, 0.3) is 0 Å². The third-order valence-electron chi connectivity index (χ3n) is 2.69. The van der Waals surface area contributed by atoms with E-state index in [4.69, 9.17) is 10.2 Å². The van der Waals surface area contributed by atoms with Crippen molar-refractivity contribution in [2.45, 2.75) is 17.8 Å². The minimum Gasteiger partial charge on any atom is -0.508 e. The zero-order valence-electron chi connectivity index (χ0n) is 7.58. The van der Waals surface area contributed by atoms with E-state index in [-0.39, 0.29) is 11.3 Å². The summed E-state index contributed by atoms with van der Waals surface area (Å²) in [4.78, 5) is 10.8. The third kappa shape index (κ3) is 1.19. The molecule has 1 atom stereocenters. The van der Waals surface area contributed by atoms with Crippen LogP contribution in [0.15, 0.2) is 24.3 Å². The number of alkyl halides is 2. The van der Waals surface area contributed by atoms with Gasteiger partial charge in [0.15, 0.2) is 5.41 Å². The van der Waals surface area contributed by atoms with Crippen LogP contribution in [-0.2, 0) is 10.2 Å². The number of hydrogen-bond acceptors (Lipinski definition) is 2. The lowest BCUT2D eigenvalue weighted by molar-refractivity contribution is -0.142. The number of phenols is 1. The van der Waals surface area contributed by atoms with Crippen LogP contribution in [0.2, 0.25) is 0 Å². The summed E-state index contributed by atoms with van der Waals surface area (Å²) < 4.78 is 26.1. The average molecular weight is 214 g/mol. The fourth-order valence-corrected chi connectivity index (χ4v) is 1.73. The van der Waals surface area contributed by atoms with E-state index >= 15 is 0 Å². The molecule has 1 aromatic carbocycles. The van der Waals surface area contributed by atoms with E-state index in [0.29, 0.717) is 0 Å². The Bertz CT molecular complexity index is 430. The summed E-state index contributed by atoms with van der Waals surface area (Å²) in [6.07, 6.45) is -0.710. The van der Waals surface area contributed by atoms with Crippen LogP contribution in [0.1, 0.15) is 12.0 Å². The maximum Gasteiger partial charge on any atom is 0.320 e. The van der Waals surface area contributed by atoms with E-state index in [0.717, 1.165) is 6.07 Å². The van der Waals surface area contributed by atoms with Crippen molar-refractivity contribution >= 4 is 5.97 Å². The van der Waals surface area contributed by atoms with Gasteiger partial charge in [0.05, 0.1) is 0 Å². The lowest BCUT2D eigenvalue weighted by Gasteiger charge is -2.11. The summed E-state index contributed by atoms with van der Waals surface area (Å²) in [7, 11) is 0. The van der Waals surface area contributed by atoms with Crippen molar-refractivity contribution in [1.82, 2.24) is 0 Å². The standard InChI is InChI=1S/C10H8F2O3/c11-10(12)5-9(10,8(14)15)6-2-1-3-7(13)4-6/h1-4,13H,5H2,(H,14,15). The van der Waals surface area contributed by atoms with Gasteiger partial charge in [-0.05, 0) is 17.7 Å². The first-order valence-corrected chi connectivity index (χ1v) is 4.31. The Morgan fingerprint density at radius 2 is 2.00 bits per heavy atom. The molecule has 1 fully saturated rings. The number of aromatic hydroxyl groups is 1. The molecule has 0 radical (unpaired) electrons. The number of aliphatic carboxylic acids is 1. The predicted octanol–water partition coefficient (Wildman–Crippen LogP) is 1.75. The molecule has 0 heterocycles. The highest BCUT2D eigenvalue weighted by Gasteiger charge is 2.77. The molecular weight excluding hydrogens is 206 g/mol. The largest absolute Gasteiger partial charge is 0.508 e. The Labute approximate surface area is 84.0 Å². The van der Waals surface area contributed by atoms with Gasteiger partial charge in [-0.25, -0.2) is 8.78 Å². The van der Waals surface area contributed by atoms with E-state index in [1.54, 1.807) is 0 Å². The smallest absolute Gasteiger partial charge is 0.320 e. The number of rotatable bonds is 2. The molecule has 15 heavy (non-hydrogen) atoms. The number of hydrogen-bond donors (Lipinski definition) is 2. The molecule has 1 aliphatic rings. The third-order valence-corrected chi connectivity index (χ3v) is 2.69. The Hall–Kier alpha value is -1.65. The summed E-state index contributed by atoms with van der Waals surface area (Å²) >= 11 is 0. The first kappa shape index (κ1) is 9.89. The van der Waals surface area contributed by atoms with Gasteiger partial charge in [-0.2, -0.15) is 0 Å². The van der Waals surface area contributed by atoms with Crippen LogP contribution >= 0.6 is 0 Å². The minimum absolute atomic E-state index is 0.0556. The lowest BCUT2D eigenvalue weighted by Crippen LogP contribution is -2.26. The summed E-state index contributed by atoms with van der Waals surface area (Å²) in [5, 5.41) is 17.9. The van der Waals surface area contributed by atoms with Gasteiger partial charge < -0.3 is 10.2 Å². The van der Waals surface area contributed by atoms with E-state index in [1.165, 1.54) is 18.2 Å². The van der Waals surface area contributed by atoms with Gasteiger partial charge in [-0.1, -0.05) is 12.1 Å². The zero-order valence-corrected chi connectivity index (χ0v) is 7.58. The molecule has 0 saturated heterocycles. The van der Waals surface area contributed by atoms with Gasteiger partial charge in [0.1, 0.15) is 5.75 Å². The summed E-state index contributed by atoms with van der Waals surface area (Å²) in [5.41, 5.74) is -2.20. The Morgan fingerprint density at radius 3 is 2.40 bits per heavy atom. The maximum absolute atomic E-state index is 13.1. The number of carboxylic acid groups (broad SMARTS) is 1. The number of halogens is 2. The van der Waals surface area contributed by atoms with Crippen molar-refractivity contribution in [3.63, 3.8) is 0 Å². The first-order valence-electron chi connectivity index (χ1n) is 4.31. The fraction of sp³-hybridized carbons (Fsp3) is 0.300. The molecule has 2 rings (SSSR count). The van der Waals surface area contributed by atoms with Crippen molar-refractivity contribution in [2.24, 2.45) is 0 Å². The average Bonchev–Trinajstić information content (AvgIpc) is 2.71. The van der Waals surface area contributed by atoms with Gasteiger partial charge in [-0.3, -0.25) is 4.79 Å². The molecule has 0 spiro atoms.